The van der Waals surface area contributed by atoms with E-state index in [1.807, 2.05) is 0 Å². The Morgan fingerprint density at radius 3 is 2.42 bits per heavy atom. The van der Waals surface area contributed by atoms with Crippen LogP contribution in [0.15, 0.2) is 0 Å². The summed E-state index contributed by atoms with van der Waals surface area (Å²) in [6.07, 6.45) is 10.7. The Bertz CT molecular complexity index is 228. The standard InChI is InChI=1S/C15H30N2O.ClH/c1-2-3-6-13-7-9-14(10-8-13)15(18)17-12-5-4-11-16;/h13-14H,2-12,16H2,1H3,(H,17,18);1H. The topological polar surface area (TPSA) is 55.1 Å². The second-order valence-corrected chi connectivity index (χ2v) is 5.65. The number of unbranched alkanes of at least 4 members (excludes halogenated alkanes) is 2. The Kier molecular flexibility index (Phi) is 11.4. The fourth-order valence-electron chi connectivity index (χ4n) is 2.83. The molecule has 1 rings (SSSR count). The van der Waals surface area contributed by atoms with Crippen LogP contribution in [0.1, 0.15) is 64.7 Å². The fourth-order valence-corrected chi connectivity index (χ4v) is 2.83. The number of carbonyl (C=O) groups excluding carboxylic acids is 1. The molecule has 0 atom stereocenters. The first-order chi connectivity index (χ1) is 8.77. The molecule has 1 aliphatic rings. The van der Waals surface area contributed by atoms with Crippen LogP contribution in [0, 0.1) is 11.8 Å². The average Bonchev–Trinajstić information content (AvgIpc) is 2.41. The number of hydrogen-bond acceptors (Lipinski definition) is 2. The van der Waals surface area contributed by atoms with Crippen LogP contribution < -0.4 is 11.1 Å². The smallest absolute Gasteiger partial charge is 0.223 e. The number of amides is 1. The molecule has 1 aliphatic carbocycles. The summed E-state index contributed by atoms with van der Waals surface area (Å²) < 4.78 is 0. The molecule has 3 nitrogen and oxygen atoms in total. The van der Waals surface area contributed by atoms with Gasteiger partial charge in [0.05, 0.1) is 0 Å². The molecule has 0 radical (unpaired) electrons. The van der Waals surface area contributed by atoms with E-state index >= 15 is 0 Å². The van der Waals surface area contributed by atoms with Gasteiger partial charge in [0, 0.05) is 12.5 Å². The molecule has 0 aromatic carbocycles. The minimum absolute atomic E-state index is 0. The molecule has 0 aromatic heterocycles. The lowest BCUT2D eigenvalue weighted by atomic mass is 9.79. The van der Waals surface area contributed by atoms with Gasteiger partial charge in [-0.05, 0) is 51.0 Å². The van der Waals surface area contributed by atoms with Gasteiger partial charge in [0.1, 0.15) is 0 Å². The van der Waals surface area contributed by atoms with Gasteiger partial charge in [-0.3, -0.25) is 4.79 Å². The van der Waals surface area contributed by atoms with Crippen molar-refractivity contribution in [3.63, 3.8) is 0 Å². The predicted molar refractivity (Wildman–Crippen MR) is 83.5 cm³/mol. The van der Waals surface area contributed by atoms with Gasteiger partial charge in [0.15, 0.2) is 0 Å². The summed E-state index contributed by atoms with van der Waals surface area (Å²) >= 11 is 0. The summed E-state index contributed by atoms with van der Waals surface area (Å²) in [5.41, 5.74) is 5.43. The Morgan fingerprint density at radius 2 is 1.84 bits per heavy atom. The van der Waals surface area contributed by atoms with E-state index in [9.17, 15) is 4.79 Å². The van der Waals surface area contributed by atoms with Crippen molar-refractivity contribution in [1.82, 2.24) is 5.32 Å². The minimum Gasteiger partial charge on any atom is -0.356 e. The van der Waals surface area contributed by atoms with Crippen molar-refractivity contribution in [2.45, 2.75) is 64.7 Å². The van der Waals surface area contributed by atoms with Crippen LogP contribution in [0.2, 0.25) is 0 Å². The fraction of sp³-hybridized carbons (Fsp3) is 0.933. The summed E-state index contributed by atoms with van der Waals surface area (Å²) in [5.74, 6) is 1.44. The van der Waals surface area contributed by atoms with E-state index in [1.165, 1.54) is 32.1 Å². The number of nitrogens with one attached hydrogen (secondary N) is 1. The molecule has 19 heavy (non-hydrogen) atoms. The van der Waals surface area contributed by atoms with Crippen LogP contribution in [0.4, 0.5) is 0 Å². The lowest BCUT2D eigenvalue weighted by Gasteiger charge is -2.27. The SMILES string of the molecule is CCCCC1CCC(C(=O)NCCCCN)CC1.Cl. The quantitative estimate of drug-likeness (QED) is 0.674. The monoisotopic (exact) mass is 290 g/mol. The highest BCUT2D eigenvalue weighted by atomic mass is 35.5. The molecule has 1 saturated carbocycles. The van der Waals surface area contributed by atoms with Gasteiger partial charge in [0.25, 0.3) is 0 Å². The zero-order valence-electron chi connectivity index (χ0n) is 12.3. The van der Waals surface area contributed by atoms with Gasteiger partial charge in [-0.25, -0.2) is 0 Å². The third kappa shape index (κ3) is 7.78. The van der Waals surface area contributed by atoms with Crippen molar-refractivity contribution < 1.29 is 4.79 Å². The Labute approximate surface area is 124 Å². The molecule has 0 bridgehead atoms. The van der Waals surface area contributed by atoms with Crippen LogP contribution in [-0.4, -0.2) is 19.0 Å². The molecule has 3 N–H and O–H groups in total. The third-order valence-corrected chi connectivity index (χ3v) is 4.11. The Hall–Kier alpha value is -0.280. The van der Waals surface area contributed by atoms with Crippen LogP contribution in [-0.2, 0) is 4.79 Å². The lowest BCUT2D eigenvalue weighted by Crippen LogP contribution is -2.33. The van der Waals surface area contributed by atoms with Crippen molar-refractivity contribution in [2.24, 2.45) is 17.6 Å². The summed E-state index contributed by atoms with van der Waals surface area (Å²) in [7, 11) is 0. The highest BCUT2D eigenvalue weighted by molar-refractivity contribution is 5.85. The molecule has 0 aliphatic heterocycles. The highest BCUT2D eigenvalue weighted by Crippen LogP contribution is 2.31. The molecule has 1 fully saturated rings. The molecule has 0 unspecified atom stereocenters. The second-order valence-electron chi connectivity index (χ2n) is 5.65. The zero-order valence-corrected chi connectivity index (χ0v) is 13.1. The second kappa shape index (κ2) is 11.5. The predicted octanol–water partition coefficient (Wildman–Crippen LogP) is 3.26. The van der Waals surface area contributed by atoms with E-state index in [0.717, 1.165) is 44.7 Å². The van der Waals surface area contributed by atoms with E-state index < -0.39 is 0 Å². The van der Waals surface area contributed by atoms with Gasteiger partial charge in [0.2, 0.25) is 5.91 Å². The molecule has 1 amide bonds. The molecule has 114 valence electrons. The van der Waals surface area contributed by atoms with E-state index in [4.69, 9.17) is 5.73 Å². The van der Waals surface area contributed by atoms with Gasteiger partial charge >= 0.3 is 0 Å². The van der Waals surface area contributed by atoms with Crippen molar-refractivity contribution in [3.8, 4) is 0 Å². The zero-order chi connectivity index (χ0) is 13.2. The molecule has 0 aromatic rings. The van der Waals surface area contributed by atoms with Gasteiger partial charge < -0.3 is 11.1 Å². The van der Waals surface area contributed by atoms with Crippen molar-refractivity contribution in [1.29, 1.82) is 0 Å². The molecule has 0 spiro atoms. The van der Waals surface area contributed by atoms with E-state index in [-0.39, 0.29) is 24.2 Å². The first-order valence-corrected chi connectivity index (χ1v) is 7.75. The largest absolute Gasteiger partial charge is 0.356 e. The Balaban J connectivity index is 0.00000324. The normalized spacial score (nSPS) is 22.6. The van der Waals surface area contributed by atoms with Crippen LogP contribution in [0.25, 0.3) is 0 Å². The van der Waals surface area contributed by atoms with Crippen LogP contribution >= 0.6 is 12.4 Å². The summed E-state index contributed by atoms with van der Waals surface area (Å²) in [6.45, 7) is 3.77. The molecular formula is C15H31ClN2O. The number of nitrogens with two attached hydrogens (primary N) is 1. The summed E-state index contributed by atoms with van der Waals surface area (Å²) in [4.78, 5) is 11.9. The van der Waals surface area contributed by atoms with Crippen molar-refractivity contribution in [2.75, 3.05) is 13.1 Å². The number of halogens is 1. The molecule has 4 heteroatoms. The molecular weight excluding hydrogens is 260 g/mol. The van der Waals surface area contributed by atoms with Crippen molar-refractivity contribution >= 4 is 18.3 Å². The van der Waals surface area contributed by atoms with Gasteiger partial charge in [-0.1, -0.05) is 26.2 Å². The maximum Gasteiger partial charge on any atom is 0.223 e. The number of hydrogen-bond donors (Lipinski definition) is 2. The first kappa shape index (κ1) is 18.7. The number of carbonyl (C=O) groups is 1. The first-order valence-electron chi connectivity index (χ1n) is 7.75. The van der Waals surface area contributed by atoms with Crippen molar-refractivity contribution in [3.05, 3.63) is 0 Å². The van der Waals surface area contributed by atoms with E-state index in [0.29, 0.717) is 0 Å². The summed E-state index contributed by atoms with van der Waals surface area (Å²) in [6, 6.07) is 0. The minimum atomic E-state index is 0. The average molecular weight is 291 g/mol. The third-order valence-electron chi connectivity index (χ3n) is 4.11. The molecule has 0 saturated heterocycles. The number of rotatable bonds is 8. The van der Waals surface area contributed by atoms with Crippen LogP contribution in [0.3, 0.4) is 0 Å². The van der Waals surface area contributed by atoms with Crippen LogP contribution in [0.5, 0.6) is 0 Å². The van der Waals surface area contributed by atoms with E-state index in [1.54, 1.807) is 0 Å². The summed E-state index contributed by atoms with van der Waals surface area (Å²) in [5, 5.41) is 3.05. The highest BCUT2D eigenvalue weighted by Gasteiger charge is 2.25. The Morgan fingerprint density at radius 1 is 1.16 bits per heavy atom. The molecule has 0 heterocycles. The maximum atomic E-state index is 11.9. The van der Waals surface area contributed by atoms with Gasteiger partial charge in [-0.2, -0.15) is 0 Å². The van der Waals surface area contributed by atoms with Gasteiger partial charge in [-0.15, -0.1) is 12.4 Å². The maximum absolute atomic E-state index is 11.9. The van der Waals surface area contributed by atoms with E-state index in [2.05, 4.69) is 12.2 Å². The lowest BCUT2D eigenvalue weighted by molar-refractivity contribution is -0.126.